The highest BCUT2D eigenvalue weighted by Gasteiger charge is 2.15. The molecule has 5 nitrogen and oxygen atoms in total. The van der Waals surface area contributed by atoms with Gasteiger partial charge >= 0.3 is 5.97 Å². The van der Waals surface area contributed by atoms with Crippen LogP contribution in [0.25, 0.3) is 11.0 Å². The first kappa shape index (κ1) is 14.9. The van der Waals surface area contributed by atoms with E-state index in [1.54, 1.807) is 23.9 Å². The second-order valence-corrected chi connectivity index (χ2v) is 5.70. The van der Waals surface area contributed by atoms with Crippen molar-refractivity contribution in [3.63, 3.8) is 0 Å². The number of thioether (sulfide) groups is 1. The van der Waals surface area contributed by atoms with Crippen molar-refractivity contribution in [1.29, 1.82) is 0 Å². The smallest absolute Gasteiger partial charge is 0.337 e. The first-order valence-corrected chi connectivity index (χ1v) is 7.68. The van der Waals surface area contributed by atoms with E-state index < -0.39 is 5.97 Å². The van der Waals surface area contributed by atoms with Crippen LogP contribution in [0.5, 0.6) is 0 Å². The number of rotatable bonds is 7. The second kappa shape index (κ2) is 6.76. The molecule has 0 spiro atoms. The Bertz CT molecular complexity index is 610. The normalized spacial score (nSPS) is 11.1. The maximum absolute atomic E-state index is 11.3. The molecule has 0 aliphatic rings. The van der Waals surface area contributed by atoms with Crippen molar-refractivity contribution in [1.82, 2.24) is 9.55 Å². The van der Waals surface area contributed by atoms with Crippen molar-refractivity contribution in [3.8, 4) is 0 Å². The number of nitrogens with zero attached hydrogens (tertiary/aromatic N) is 2. The van der Waals surface area contributed by atoms with Gasteiger partial charge in [-0.05, 0) is 31.2 Å². The number of aryl methyl sites for hydroxylation is 2. The molecule has 20 heavy (non-hydrogen) atoms. The summed E-state index contributed by atoms with van der Waals surface area (Å²) in [4.78, 5) is 15.7. The summed E-state index contributed by atoms with van der Waals surface area (Å²) < 4.78 is 1.96. The van der Waals surface area contributed by atoms with E-state index in [0.717, 1.165) is 35.8 Å². The van der Waals surface area contributed by atoms with Gasteiger partial charge in [0.1, 0.15) is 5.82 Å². The van der Waals surface area contributed by atoms with Crippen LogP contribution in [0.2, 0.25) is 0 Å². The van der Waals surface area contributed by atoms with Crippen molar-refractivity contribution in [3.05, 3.63) is 29.6 Å². The quantitative estimate of drug-likeness (QED) is 0.765. The lowest BCUT2D eigenvalue weighted by Crippen LogP contribution is -2.07. The van der Waals surface area contributed by atoms with E-state index in [2.05, 4.69) is 4.98 Å². The van der Waals surface area contributed by atoms with E-state index >= 15 is 0 Å². The van der Waals surface area contributed by atoms with E-state index in [1.807, 2.05) is 17.6 Å². The minimum absolute atomic E-state index is 0.212. The Kier molecular flexibility index (Phi) is 5.03. The molecule has 1 aromatic carbocycles. The molecule has 0 radical (unpaired) electrons. The largest absolute Gasteiger partial charge is 0.478 e. The number of aliphatic hydroxyl groups is 1. The molecule has 2 rings (SSSR count). The molecule has 2 N–H and O–H groups in total. The number of aliphatic hydroxyl groups excluding tert-OH is 1. The molecule has 1 heterocycles. The molecule has 2 aromatic rings. The monoisotopic (exact) mass is 294 g/mol. The zero-order chi connectivity index (χ0) is 14.5. The van der Waals surface area contributed by atoms with Gasteiger partial charge in [-0.15, -0.1) is 0 Å². The maximum atomic E-state index is 11.3. The lowest BCUT2D eigenvalue weighted by atomic mass is 10.2. The summed E-state index contributed by atoms with van der Waals surface area (Å²) in [6.45, 7) is 2.83. The third kappa shape index (κ3) is 3.13. The highest BCUT2D eigenvalue weighted by Crippen LogP contribution is 2.21. The van der Waals surface area contributed by atoms with E-state index in [4.69, 9.17) is 5.11 Å². The first-order chi connectivity index (χ1) is 9.65. The molecule has 0 aliphatic carbocycles. The van der Waals surface area contributed by atoms with Crippen LogP contribution in [-0.4, -0.2) is 43.8 Å². The number of carbonyl (C=O) groups is 1. The fourth-order valence-corrected chi connectivity index (χ4v) is 3.02. The summed E-state index contributed by atoms with van der Waals surface area (Å²) in [5.74, 6) is 1.69. The number of aromatic carboxylic acids is 1. The maximum Gasteiger partial charge on any atom is 0.337 e. The van der Waals surface area contributed by atoms with Crippen molar-refractivity contribution < 1.29 is 15.0 Å². The molecular weight excluding hydrogens is 276 g/mol. The summed E-state index contributed by atoms with van der Waals surface area (Å²) in [6, 6.07) is 5.17. The van der Waals surface area contributed by atoms with Crippen LogP contribution >= 0.6 is 11.8 Å². The Hall–Kier alpha value is -1.53. The van der Waals surface area contributed by atoms with Crippen LogP contribution < -0.4 is 0 Å². The molecule has 6 heteroatoms. The third-order valence-electron chi connectivity index (χ3n) is 3.09. The number of benzene rings is 1. The van der Waals surface area contributed by atoms with Gasteiger partial charge in [-0.1, -0.05) is 6.07 Å². The van der Waals surface area contributed by atoms with Crippen LogP contribution in [0.1, 0.15) is 22.6 Å². The Balaban J connectivity index is 2.23. The number of para-hydroxylation sites is 1. The van der Waals surface area contributed by atoms with Gasteiger partial charge in [0.25, 0.3) is 0 Å². The zero-order valence-electron chi connectivity index (χ0n) is 11.4. The number of aromatic nitrogens is 2. The number of hydrogen-bond acceptors (Lipinski definition) is 4. The van der Waals surface area contributed by atoms with E-state index in [1.165, 1.54) is 0 Å². The van der Waals surface area contributed by atoms with Gasteiger partial charge < -0.3 is 14.8 Å². The van der Waals surface area contributed by atoms with Gasteiger partial charge in [-0.2, -0.15) is 11.8 Å². The molecule has 0 bridgehead atoms. The minimum atomic E-state index is -0.926. The summed E-state index contributed by atoms with van der Waals surface area (Å²) in [7, 11) is 0. The van der Waals surface area contributed by atoms with Crippen LogP contribution in [0.3, 0.4) is 0 Å². The SMILES string of the molecule is Cc1nc2cccc(C(=O)O)c2n1CCSCCCO. The summed E-state index contributed by atoms with van der Waals surface area (Å²) in [5.41, 5.74) is 1.71. The van der Waals surface area contributed by atoms with Gasteiger partial charge in [-0.3, -0.25) is 0 Å². The molecule has 108 valence electrons. The average molecular weight is 294 g/mol. The van der Waals surface area contributed by atoms with Gasteiger partial charge in [0.05, 0.1) is 16.6 Å². The zero-order valence-corrected chi connectivity index (χ0v) is 12.2. The number of carboxylic acid groups (broad SMARTS) is 1. The Morgan fingerprint density at radius 3 is 2.90 bits per heavy atom. The lowest BCUT2D eigenvalue weighted by Gasteiger charge is -2.08. The summed E-state index contributed by atoms with van der Waals surface area (Å²) in [5, 5.41) is 18.0. The van der Waals surface area contributed by atoms with Crippen molar-refractivity contribution in [2.75, 3.05) is 18.1 Å². The molecule has 0 unspecified atom stereocenters. The summed E-state index contributed by atoms with van der Waals surface area (Å²) >= 11 is 1.75. The van der Waals surface area contributed by atoms with Crippen LogP contribution in [0.4, 0.5) is 0 Å². The van der Waals surface area contributed by atoms with Crippen LogP contribution in [-0.2, 0) is 6.54 Å². The second-order valence-electron chi connectivity index (χ2n) is 4.48. The van der Waals surface area contributed by atoms with Crippen molar-refractivity contribution in [2.45, 2.75) is 19.9 Å². The first-order valence-electron chi connectivity index (χ1n) is 6.53. The Labute approximate surface area is 121 Å². The number of carboxylic acids is 1. The van der Waals surface area contributed by atoms with Gasteiger partial charge in [0.15, 0.2) is 0 Å². The fraction of sp³-hybridized carbons (Fsp3) is 0.429. The van der Waals surface area contributed by atoms with E-state index in [0.29, 0.717) is 11.1 Å². The molecule has 0 saturated heterocycles. The summed E-state index contributed by atoms with van der Waals surface area (Å²) in [6.07, 6.45) is 0.786. The highest BCUT2D eigenvalue weighted by atomic mass is 32.2. The molecular formula is C14H18N2O3S. The van der Waals surface area contributed by atoms with Crippen molar-refractivity contribution in [2.24, 2.45) is 0 Å². The molecule has 0 aliphatic heterocycles. The molecule has 1 aromatic heterocycles. The number of imidazole rings is 1. The van der Waals surface area contributed by atoms with Gasteiger partial charge in [0, 0.05) is 18.9 Å². The average Bonchev–Trinajstić information content (AvgIpc) is 2.74. The fourth-order valence-electron chi connectivity index (χ4n) is 2.17. The van der Waals surface area contributed by atoms with E-state index in [-0.39, 0.29) is 6.61 Å². The molecule has 0 fully saturated rings. The predicted octanol–water partition coefficient (Wildman–Crippen LogP) is 2.16. The van der Waals surface area contributed by atoms with E-state index in [9.17, 15) is 9.90 Å². The lowest BCUT2D eigenvalue weighted by molar-refractivity contribution is 0.0698. The van der Waals surface area contributed by atoms with Gasteiger partial charge in [-0.25, -0.2) is 9.78 Å². The Morgan fingerprint density at radius 2 is 2.20 bits per heavy atom. The minimum Gasteiger partial charge on any atom is -0.478 e. The highest BCUT2D eigenvalue weighted by molar-refractivity contribution is 7.99. The number of fused-ring (bicyclic) bond motifs is 1. The van der Waals surface area contributed by atoms with Crippen LogP contribution in [0.15, 0.2) is 18.2 Å². The molecule has 0 atom stereocenters. The predicted molar refractivity (Wildman–Crippen MR) is 80.5 cm³/mol. The van der Waals surface area contributed by atoms with Crippen molar-refractivity contribution >= 4 is 28.8 Å². The topological polar surface area (TPSA) is 75.3 Å². The standard InChI is InChI=1S/C14H18N2O3S/c1-10-15-12-5-2-4-11(14(18)19)13(12)16(10)6-9-20-8-3-7-17/h2,4-5,17H,3,6-9H2,1H3,(H,18,19). The molecule has 0 amide bonds. The number of hydrogen-bond donors (Lipinski definition) is 2. The van der Waals surface area contributed by atoms with Gasteiger partial charge in [0.2, 0.25) is 0 Å². The van der Waals surface area contributed by atoms with Crippen LogP contribution in [0, 0.1) is 6.92 Å². The molecule has 0 saturated carbocycles. The third-order valence-corrected chi connectivity index (χ3v) is 4.14. The Morgan fingerprint density at radius 1 is 1.40 bits per heavy atom.